The Balaban J connectivity index is 5.50. The third kappa shape index (κ3) is 18.8. The van der Waals surface area contributed by atoms with Crippen molar-refractivity contribution in [3.8, 4) is 0 Å². The van der Waals surface area contributed by atoms with Gasteiger partial charge in [0.1, 0.15) is 5.60 Å². The molecule has 0 spiro atoms. The highest BCUT2D eigenvalue weighted by Gasteiger charge is 2.41. The Morgan fingerprint density at radius 3 is 1.28 bits per heavy atom. The quantitative estimate of drug-likeness (QED) is 0.0774. The number of esters is 1. The van der Waals surface area contributed by atoms with Gasteiger partial charge in [-0.15, -0.1) is 0 Å². The number of carbonyl (C=O) groups excluding carboxylic acids is 1. The maximum absolute atomic E-state index is 13.8. The summed E-state index contributed by atoms with van der Waals surface area (Å²) in [6.07, 6.45) is 27.3. The van der Waals surface area contributed by atoms with Gasteiger partial charge < -0.3 is 9.84 Å². The molecule has 0 radical (unpaired) electrons. The molecule has 0 aromatic heterocycles. The van der Waals surface area contributed by atoms with Crippen molar-refractivity contribution in [1.82, 2.24) is 0 Å². The number of carboxylic acids is 1. The minimum Gasteiger partial charge on any atom is -0.481 e. The van der Waals surface area contributed by atoms with Crippen LogP contribution in [0.4, 0.5) is 0 Å². The van der Waals surface area contributed by atoms with Gasteiger partial charge in [-0.3, -0.25) is 9.59 Å². The van der Waals surface area contributed by atoms with Gasteiger partial charge in [0.25, 0.3) is 0 Å². The van der Waals surface area contributed by atoms with E-state index in [0.29, 0.717) is 6.42 Å². The number of hydrogen-bond donors (Lipinski definition) is 1. The molecule has 39 heavy (non-hydrogen) atoms. The first-order valence-electron chi connectivity index (χ1n) is 17.1. The van der Waals surface area contributed by atoms with Gasteiger partial charge in [-0.2, -0.15) is 0 Å². The number of hydrogen-bond acceptors (Lipinski definition) is 3. The van der Waals surface area contributed by atoms with Crippen LogP contribution >= 0.6 is 0 Å². The van der Waals surface area contributed by atoms with E-state index in [4.69, 9.17) is 4.74 Å². The lowest BCUT2D eigenvalue weighted by Crippen LogP contribution is -2.42. The molecule has 232 valence electrons. The summed E-state index contributed by atoms with van der Waals surface area (Å²) in [5, 5.41) is 9.17. The molecule has 0 aliphatic carbocycles. The zero-order valence-corrected chi connectivity index (χ0v) is 27.2. The molecule has 4 heteroatoms. The van der Waals surface area contributed by atoms with E-state index in [1.807, 2.05) is 20.8 Å². The summed E-state index contributed by atoms with van der Waals surface area (Å²) in [4.78, 5) is 24.9. The number of ether oxygens (including phenoxy) is 1. The summed E-state index contributed by atoms with van der Waals surface area (Å²) in [7, 11) is 0. The van der Waals surface area contributed by atoms with Crippen molar-refractivity contribution in [2.24, 2.45) is 11.3 Å². The first-order chi connectivity index (χ1) is 18.6. The Kier molecular flexibility index (Phi) is 23.0. The number of rotatable bonds is 28. The summed E-state index contributed by atoms with van der Waals surface area (Å²) in [5.41, 5.74) is -1.07. The Bertz CT molecular complexity index is 581. The molecular weight excluding hydrogens is 484 g/mol. The lowest BCUT2D eigenvalue weighted by atomic mass is 9.77. The predicted octanol–water partition coefficient (Wildman–Crippen LogP) is 11.4. The second-order valence-corrected chi connectivity index (χ2v) is 13.0. The minimum atomic E-state index is -0.801. The Hall–Kier alpha value is -1.06. The van der Waals surface area contributed by atoms with E-state index in [2.05, 4.69) is 20.8 Å². The van der Waals surface area contributed by atoms with Crippen molar-refractivity contribution >= 4 is 11.9 Å². The van der Waals surface area contributed by atoms with Crippen LogP contribution in [0, 0.1) is 11.3 Å². The van der Waals surface area contributed by atoms with Crippen molar-refractivity contribution in [1.29, 1.82) is 0 Å². The monoisotopic (exact) mass is 553 g/mol. The lowest BCUT2D eigenvalue weighted by Gasteiger charge is -2.39. The summed E-state index contributed by atoms with van der Waals surface area (Å²) >= 11 is 0. The van der Waals surface area contributed by atoms with Crippen LogP contribution in [0.5, 0.6) is 0 Å². The summed E-state index contributed by atoms with van der Waals surface area (Å²) in [5.74, 6) is -0.966. The molecule has 4 nitrogen and oxygen atoms in total. The number of carboxylic acid groups (broad SMARTS) is 1. The largest absolute Gasteiger partial charge is 0.481 e. The molecule has 0 amide bonds. The summed E-state index contributed by atoms with van der Waals surface area (Å²) in [6, 6.07) is 0. The minimum absolute atomic E-state index is 0.0412. The molecule has 1 atom stereocenters. The van der Waals surface area contributed by atoms with Crippen molar-refractivity contribution in [3.63, 3.8) is 0 Å². The fourth-order valence-corrected chi connectivity index (χ4v) is 5.62. The molecular formula is C35H68O4. The molecule has 0 aliphatic heterocycles. The first-order valence-corrected chi connectivity index (χ1v) is 17.1. The van der Waals surface area contributed by atoms with E-state index in [9.17, 15) is 14.7 Å². The molecule has 0 fully saturated rings. The molecule has 1 N–H and O–H groups in total. The van der Waals surface area contributed by atoms with E-state index in [-0.39, 0.29) is 23.9 Å². The van der Waals surface area contributed by atoms with E-state index in [0.717, 1.165) is 38.5 Å². The molecule has 0 aromatic rings. The summed E-state index contributed by atoms with van der Waals surface area (Å²) < 4.78 is 6.65. The van der Waals surface area contributed by atoms with Gasteiger partial charge in [-0.05, 0) is 64.7 Å². The highest BCUT2D eigenvalue weighted by atomic mass is 16.6. The van der Waals surface area contributed by atoms with Gasteiger partial charge in [0.05, 0.1) is 5.41 Å². The van der Waals surface area contributed by atoms with Crippen LogP contribution in [-0.2, 0) is 14.3 Å². The third-order valence-corrected chi connectivity index (χ3v) is 9.07. The Morgan fingerprint density at radius 1 is 0.615 bits per heavy atom. The van der Waals surface area contributed by atoms with Crippen LogP contribution < -0.4 is 0 Å². The zero-order valence-electron chi connectivity index (χ0n) is 27.2. The molecule has 1 unspecified atom stereocenters. The van der Waals surface area contributed by atoms with Gasteiger partial charge in [0.2, 0.25) is 0 Å². The van der Waals surface area contributed by atoms with Crippen LogP contribution in [0.3, 0.4) is 0 Å². The van der Waals surface area contributed by atoms with Gasteiger partial charge in [0.15, 0.2) is 0 Å². The zero-order chi connectivity index (χ0) is 29.4. The maximum atomic E-state index is 13.8. The second kappa shape index (κ2) is 23.6. The molecule has 0 saturated heterocycles. The van der Waals surface area contributed by atoms with Gasteiger partial charge >= 0.3 is 11.9 Å². The van der Waals surface area contributed by atoms with Gasteiger partial charge in [-0.1, -0.05) is 130 Å². The first kappa shape index (κ1) is 37.9. The van der Waals surface area contributed by atoms with Crippen LogP contribution in [0.1, 0.15) is 196 Å². The molecule has 0 aliphatic rings. The SMILES string of the molecule is CCCCCCCCCC(CCCCCCCC)(CCCCCCCC)OC(=O)C(C)(C)C(C)CCC(=O)O. The molecule has 0 bridgehead atoms. The Morgan fingerprint density at radius 2 is 0.949 bits per heavy atom. The summed E-state index contributed by atoms with van der Waals surface area (Å²) in [6.45, 7) is 12.7. The van der Waals surface area contributed by atoms with E-state index >= 15 is 0 Å². The van der Waals surface area contributed by atoms with Crippen molar-refractivity contribution in [2.75, 3.05) is 0 Å². The van der Waals surface area contributed by atoms with E-state index in [1.54, 1.807) is 0 Å². The lowest BCUT2D eigenvalue weighted by molar-refractivity contribution is -0.177. The number of carbonyl (C=O) groups is 2. The average molecular weight is 553 g/mol. The Labute approximate surface area is 243 Å². The van der Waals surface area contributed by atoms with E-state index in [1.165, 1.54) is 103 Å². The topological polar surface area (TPSA) is 63.6 Å². The average Bonchev–Trinajstić information content (AvgIpc) is 2.90. The van der Waals surface area contributed by atoms with Gasteiger partial charge in [-0.25, -0.2) is 0 Å². The smallest absolute Gasteiger partial charge is 0.312 e. The molecule has 0 aromatic carbocycles. The highest BCUT2D eigenvalue weighted by Crippen LogP contribution is 2.38. The number of unbranched alkanes of at least 4 members (excludes halogenated alkanes) is 16. The number of aliphatic carboxylic acids is 1. The van der Waals surface area contributed by atoms with Crippen molar-refractivity contribution < 1.29 is 19.4 Å². The predicted molar refractivity (Wildman–Crippen MR) is 167 cm³/mol. The second-order valence-electron chi connectivity index (χ2n) is 13.0. The molecule has 0 saturated carbocycles. The standard InChI is InChI=1S/C35H68O4/c1-7-10-13-16-19-22-25-30-35(28-23-20-17-14-11-8-2,29-24-21-18-15-12-9-3)39-33(38)34(5,6)31(4)26-27-32(36)37/h31H,7-30H2,1-6H3,(H,36,37). The van der Waals surface area contributed by atoms with E-state index < -0.39 is 11.4 Å². The molecule has 0 heterocycles. The van der Waals surface area contributed by atoms with Crippen molar-refractivity contribution in [2.45, 2.75) is 201 Å². The third-order valence-electron chi connectivity index (χ3n) is 9.07. The van der Waals surface area contributed by atoms with Crippen LogP contribution in [0.2, 0.25) is 0 Å². The fraction of sp³-hybridized carbons (Fsp3) is 0.943. The van der Waals surface area contributed by atoms with Crippen LogP contribution in [0.25, 0.3) is 0 Å². The van der Waals surface area contributed by atoms with Crippen molar-refractivity contribution in [3.05, 3.63) is 0 Å². The maximum Gasteiger partial charge on any atom is 0.312 e. The fourth-order valence-electron chi connectivity index (χ4n) is 5.62. The van der Waals surface area contributed by atoms with Crippen LogP contribution in [0.15, 0.2) is 0 Å². The normalized spacial score (nSPS) is 13.0. The molecule has 0 rings (SSSR count). The van der Waals surface area contributed by atoms with Gasteiger partial charge in [0, 0.05) is 6.42 Å². The highest BCUT2D eigenvalue weighted by molar-refractivity contribution is 5.77. The van der Waals surface area contributed by atoms with Crippen LogP contribution in [-0.4, -0.2) is 22.6 Å².